The first-order valence-electron chi connectivity index (χ1n) is 4.98. The zero-order valence-electron chi connectivity index (χ0n) is 8.73. The number of hydrogen-bond donors (Lipinski definition) is 4. The summed E-state index contributed by atoms with van der Waals surface area (Å²) in [7, 11) is 0. The van der Waals surface area contributed by atoms with E-state index in [9.17, 15) is 10.2 Å². The molecule has 90 valence electrons. The van der Waals surface area contributed by atoms with E-state index in [1.165, 1.54) is 0 Å². The van der Waals surface area contributed by atoms with Crippen molar-refractivity contribution < 1.29 is 25.2 Å². The van der Waals surface area contributed by atoms with Crippen molar-refractivity contribution in [1.29, 1.82) is 0 Å². The molecule has 1 rings (SSSR count). The number of hydrogen-bond acceptors (Lipinski definition) is 5. The third-order valence-electron chi connectivity index (χ3n) is 2.17. The minimum Gasteiger partial charge on any atom is -0.485 e. The molecule has 4 N–H and O–H groups in total. The van der Waals surface area contributed by atoms with Gasteiger partial charge in [0.1, 0.15) is 24.1 Å². The lowest BCUT2D eigenvalue weighted by molar-refractivity contribution is -0.0809. The van der Waals surface area contributed by atoms with Crippen molar-refractivity contribution in [2.75, 3.05) is 13.2 Å². The highest BCUT2D eigenvalue weighted by molar-refractivity contribution is 5.21. The van der Waals surface area contributed by atoms with Gasteiger partial charge in [0.05, 0.1) is 13.2 Å². The van der Waals surface area contributed by atoms with Crippen LogP contribution < -0.4 is 4.74 Å². The van der Waals surface area contributed by atoms with E-state index in [2.05, 4.69) is 0 Å². The van der Waals surface area contributed by atoms with Crippen LogP contribution in [0.15, 0.2) is 30.3 Å². The molecule has 16 heavy (non-hydrogen) atoms. The monoisotopic (exact) mass is 228 g/mol. The smallest absolute Gasteiger partial charge is 0.150 e. The number of benzene rings is 1. The molecule has 0 aliphatic rings. The number of rotatable bonds is 6. The van der Waals surface area contributed by atoms with Crippen molar-refractivity contribution >= 4 is 0 Å². The van der Waals surface area contributed by atoms with Crippen LogP contribution in [-0.4, -0.2) is 52.0 Å². The lowest BCUT2D eigenvalue weighted by Gasteiger charge is -2.25. The third kappa shape index (κ3) is 3.46. The molecule has 3 unspecified atom stereocenters. The summed E-state index contributed by atoms with van der Waals surface area (Å²) in [6.07, 6.45) is -3.64. The zero-order chi connectivity index (χ0) is 12.0. The molecule has 0 aliphatic carbocycles. The summed E-state index contributed by atoms with van der Waals surface area (Å²) in [5, 5.41) is 36.5. The second kappa shape index (κ2) is 6.44. The molecule has 0 saturated carbocycles. The summed E-state index contributed by atoms with van der Waals surface area (Å²) in [5.41, 5.74) is 0. The van der Waals surface area contributed by atoms with E-state index in [0.717, 1.165) is 0 Å². The molecule has 0 bridgehead atoms. The van der Waals surface area contributed by atoms with Gasteiger partial charge in [-0.1, -0.05) is 18.2 Å². The summed E-state index contributed by atoms with van der Waals surface area (Å²) in [4.78, 5) is 0. The van der Waals surface area contributed by atoms with E-state index in [0.29, 0.717) is 5.75 Å². The molecule has 0 amide bonds. The quantitative estimate of drug-likeness (QED) is 0.509. The van der Waals surface area contributed by atoms with Crippen molar-refractivity contribution in [2.45, 2.75) is 18.3 Å². The molecule has 0 radical (unpaired) electrons. The van der Waals surface area contributed by atoms with Crippen LogP contribution in [0.25, 0.3) is 0 Å². The predicted octanol–water partition coefficient (Wildman–Crippen LogP) is -0.860. The van der Waals surface area contributed by atoms with E-state index >= 15 is 0 Å². The Kier molecular flexibility index (Phi) is 5.21. The van der Waals surface area contributed by atoms with Gasteiger partial charge in [0.2, 0.25) is 0 Å². The molecular formula is C11H16O5. The van der Waals surface area contributed by atoms with E-state index in [4.69, 9.17) is 14.9 Å². The van der Waals surface area contributed by atoms with Crippen LogP contribution in [0.5, 0.6) is 5.75 Å². The summed E-state index contributed by atoms with van der Waals surface area (Å²) in [6.45, 7) is -1.04. The molecule has 0 aromatic heterocycles. The number of para-hydroxylation sites is 1. The summed E-state index contributed by atoms with van der Waals surface area (Å²) < 4.78 is 5.28. The van der Waals surface area contributed by atoms with Crippen LogP contribution in [0.1, 0.15) is 0 Å². The van der Waals surface area contributed by atoms with Crippen LogP contribution in [0, 0.1) is 0 Å². The molecule has 1 aromatic rings. The molecular weight excluding hydrogens is 212 g/mol. The summed E-state index contributed by atoms with van der Waals surface area (Å²) in [5.74, 6) is 0.478. The SMILES string of the molecule is OCC(O)C(O)C(CO)Oc1ccccc1. The Balaban J connectivity index is 2.62. The van der Waals surface area contributed by atoms with Gasteiger partial charge in [-0.15, -0.1) is 0 Å². The van der Waals surface area contributed by atoms with Gasteiger partial charge < -0.3 is 25.2 Å². The topological polar surface area (TPSA) is 90.2 Å². The van der Waals surface area contributed by atoms with Crippen LogP contribution in [0.4, 0.5) is 0 Å². The van der Waals surface area contributed by atoms with Gasteiger partial charge in [-0.2, -0.15) is 0 Å². The minimum absolute atomic E-state index is 0.451. The van der Waals surface area contributed by atoms with Crippen molar-refractivity contribution in [3.63, 3.8) is 0 Å². The lowest BCUT2D eigenvalue weighted by Crippen LogP contribution is -2.44. The Hall–Kier alpha value is -1.14. The molecule has 0 saturated heterocycles. The highest BCUT2D eigenvalue weighted by atomic mass is 16.5. The van der Waals surface area contributed by atoms with Gasteiger partial charge in [0.25, 0.3) is 0 Å². The Morgan fingerprint density at radius 1 is 1.00 bits per heavy atom. The maximum absolute atomic E-state index is 9.54. The first kappa shape index (κ1) is 12.9. The van der Waals surface area contributed by atoms with Gasteiger partial charge in [-0.25, -0.2) is 0 Å². The van der Waals surface area contributed by atoms with Crippen molar-refractivity contribution in [3.05, 3.63) is 30.3 Å². The van der Waals surface area contributed by atoms with E-state index in [-0.39, 0.29) is 0 Å². The second-order valence-electron chi connectivity index (χ2n) is 3.39. The fraction of sp³-hybridized carbons (Fsp3) is 0.455. The van der Waals surface area contributed by atoms with Gasteiger partial charge in [0.15, 0.2) is 0 Å². The minimum atomic E-state index is -1.34. The summed E-state index contributed by atoms with van der Waals surface area (Å²) in [6, 6.07) is 8.64. The van der Waals surface area contributed by atoms with Crippen LogP contribution in [0.3, 0.4) is 0 Å². The molecule has 0 spiro atoms. The standard InChI is InChI=1S/C11H16O5/c12-6-9(14)11(15)10(7-13)16-8-4-2-1-3-5-8/h1-5,9-15H,6-7H2. The van der Waals surface area contributed by atoms with Gasteiger partial charge >= 0.3 is 0 Å². The van der Waals surface area contributed by atoms with Gasteiger partial charge in [0, 0.05) is 0 Å². The number of aliphatic hydroxyl groups excluding tert-OH is 4. The highest BCUT2D eigenvalue weighted by Gasteiger charge is 2.26. The fourth-order valence-electron chi connectivity index (χ4n) is 1.24. The summed E-state index contributed by atoms with van der Waals surface area (Å²) >= 11 is 0. The molecule has 5 nitrogen and oxygen atoms in total. The lowest BCUT2D eigenvalue weighted by atomic mass is 10.1. The van der Waals surface area contributed by atoms with E-state index in [1.54, 1.807) is 30.3 Å². The van der Waals surface area contributed by atoms with E-state index in [1.807, 2.05) is 0 Å². The third-order valence-corrected chi connectivity index (χ3v) is 2.17. The largest absolute Gasteiger partial charge is 0.485 e. The van der Waals surface area contributed by atoms with Crippen LogP contribution in [0.2, 0.25) is 0 Å². The molecule has 3 atom stereocenters. The van der Waals surface area contributed by atoms with Gasteiger partial charge in [-0.3, -0.25) is 0 Å². The normalized spacial score (nSPS) is 16.5. The predicted molar refractivity (Wildman–Crippen MR) is 57.0 cm³/mol. The molecule has 0 heterocycles. The Morgan fingerprint density at radius 3 is 2.12 bits per heavy atom. The molecule has 0 fully saturated rings. The van der Waals surface area contributed by atoms with Crippen molar-refractivity contribution in [3.8, 4) is 5.75 Å². The highest BCUT2D eigenvalue weighted by Crippen LogP contribution is 2.13. The average Bonchev–Trinajstić information content (AvgIpc) is 2.35. The van der Waals surface area contributed by atoms with Crippen LogP contribution >= 0.6 is 0 Å². The first-order chi connectivity index (χ1) is 7.69. The van der Waals surface area contributed by atoms with Gasteiger partial charge in [-0.05, 0) is 12.1 Å². The Labute approximate surface area is 93.5 Å². The Bertz CT molecular complexity index is 290. The zero-order valence-corrected chi connectivity index (χ0v) is 8.73. The first-order valence-corrected chi connectivity index (χ1v) is 4.98. The maximum Gasteiger partial charge on any atom is 0.150 e. The number of ether oxygens (including phenoxy) is 1. The number of aliphatic hydroxyl groups is 4. The molecule has 0 aliphatic heterocycles. The fourth-order valence-corrected chi connectivity index (χ4v) is 1.24. The maximum atomic E-state index is 9.54. The van der Waals surface area contributed by atoms with Crippen molar-refractivity contribution in [1.82, 2.24) is 0 Å². The van der Waals surface area contributed by atoms with Crippen LogP contribution in [-0.2, 0) is 0 Å². The Morgan fingerprint density at radius 2 is 1.62 bits per heavy atom. The van der Waals surface area contributed by atoms with Crippen molar-refractivity contribution in [2.24, 2.45) is 0 Å². The van der Waals surface area contributed by atoms with E-state index < -0.39 is 31.5 Å². The molecule has 1 aromatic carbocycles. The molecule has 5 heteroatoms. The average molecular weight is 228 g/mol. The second-order valence-corrected chi connectivity index (χ2v) is 3.39.